The third kappa shape index (κ3) is 5.44. The lowest BCUT2D eigenvalue weighted by Crippen LogP contribution is -2.34. The molecule has 0 aliphatic carbocycles. The van der Waals surface area contributed by atoms with Gasteiger partial charge in [-0.25, -0.2) is 0 Å². The summed E-state index contributed by atoms with van der Waals surface area (Å²) in [7, 11) is 0. The number of ether oxygens (including phenoxy) is 1. The summed E-state index contributed by atoms with van der Waals surface area (Å²) in [4.78, 5) is 19.5. The standard InChI is InChI=1S/C23H27ClN2O5S/c1-3-10-25-23-26(18-7-5-4-6-14(18)2)22(30)21(32-23)20(29)15-8-9-19(17(24)11-15)31-13-16(28)12-27/h4-9,11,16,20-21,27-29H,3,10,12-13H2,1-2H3/t16-,20?,21?/m1/s1. The summed E-state index contributed by atoms with van der Waals surface area (Å²) in [5.74, 6) is 0.0708. The number of hydrogen-bond acceptors (Lipinski definition) is 7. The first-order valence-electron chi connectivity index (χ1n) is 10.4. The van der Waals surface area contributed by atoms with Crippen molar-refractivity contribution < 1.29 is 24.9 Å². The molecule has 0 radical (unpaired) electrons. The van der Waals surface area contributed by atoms with Crippen LogP contribution < -0.4 is 9.64 Å². The molecule has 0 saturated carbocycles. The molecule has 1 aliphatic rings. The molecular weight excluding hydrogens is 452 g/mol. The minimum absolute atomic E-state index is 0.113. The largest absolute Gasteiger partial charge is 0.489 e. The van der Waals surface area contributed by atoms with Crippen LogP contribution in [0.2, 0.25) is 5.02 Å². The first-order chi connectivity index (χ1) is 15.4. The van der Waals surface area contributed by atoms with Crippen LogP contribution in [0.1, 0.15) is 30.6 Å². The van der Waals surface area contributed by atoms with Gasteiger partial charge in [0, 0.05) is 6.54 Å². The Kier molecular flexibility index (Phi) is 8.56. The number of rotatable bonds is 9. The van der Waals surface area contributed by atoms with Crippen LogP contribution in [0.4, 0.5) is 5.69 Å². The lowest BCUT2D eigenvalue weighted by Gasteiger charge is -2.20. The third-order valence-corrected chi connectivity index (χ3v) is 6.47. The fraction of sp³-hybridized carbons (Fsp3) is 0.391. The van der Waals surface area contributed by atoms with Crippen molar-refractivity contribution >= 4 is 40.1 Å². The van der Waals surface area contributed by atoms with Crippen molar-refractivity contribution in [2.75, 3.05) is 24.7 Å². The van der Waals surface area contributed by atoms with E-state index in [-0.39, 0.29) is 17.5 Å². The molecule has 1 heterocycles. The van der Waals surface area contributed by atoms with Gasteiger partial charge in [0.25, 0.3) is 0 Å². The molecule has 1 aliphatic heterocycles. The Morgan fingerprint density at radius 1 is 1.25 bits per heavy atom. The molecule has 32 heavy (non-hydrogen) atoms. The number of thioether (sulfide) groups is 1. The fourth-order valence-electron chi connectivity index (χ4n) is 3.22. The molecule has 9 heteroatoms. The van der Waals surface area contributed by atoms with Gasteiger partial charge in [0.1, 0.15) is 29.8 Å². The van der Waals surface area contributed by atoms with E-state index in [2.05, 4.69) is 4.99 Å². The number of para-hydroxylation sites is 1. The number of anilines is 1. The maximum atomic E-state index is 13.4. The average molecular weight is 479 g/mol. The zero-order chi connectivity index (χ0) is 23.3. The SMILES string of the molecule is CCCN=C1SC(C(O)c2ccc(OC[C@H](O)CO)c(Cl)c2)C(=O)N1c1ccccc1C. The summed E-state index contributed by atoms with van der Waals surface area (Å²) >= 11 is 7.52. The summed E-state index contributed by atoms with van der Waals surface area (Å²) in [6, 6.07) is 12.3. The first-order valence-corrected chi connectivity index (χ1v) is 11.6. The Balaban J connectivity index is 1.85. The number of amides is 1. The molecule has 2 unspecified atom stereocenters. The molecular formula is C23H27ClN2O5S. The number of carbonyl (C=O) groups excluding carboxylic acids is 1. The quantitative estimate of drug-likeness (QED) is 0.511. The summed E-state index contributed by atoms with van der Waals surface area (Å²) in [6.45, 7) is 3.99. The number of benzene rings is 2. The second-order valence-electron chi connectivity index (χ2n) is 7.44. The van der Waals surface area contributed by atoms with Crippen LogP contribution >= 0.6 is 23.4 Å². The van der Waals surface area contributed by atoms with E-state index in [0.717, 1.165) is 17.7 Å². The number of halogens is 1. The zero-order valence-electron chi connectivity index (χ0n) is 17.9. The molecule has 3 atom stereocenters. The monoisotopic (exact) mass is 478 g/mol. The normalized spacial score (nSPS) is 19.4. The van der Waals surface area contributed by atoms with E-state index in [0.29, 0.717) is 23.0 Å². The molecule has 1 amide bonds. The number of aliphatic hydroxyl groups excluding tert-OH is 3. The van der Waals surface area contributed by atoms with Gasteiger partial charge in [0.15, 0.2) is 5.17 Å². The van der Waals surface area contributed by atoms with E-state index in [1.54, 1.807) is 23.1 Å². The van der Waals surface area contributed by atoms with Crippen molar-refractivity contribution in [3.05, 3.63) is 58.6 Å². The van der Waals surface area contributed by atoms with Gasteiger partial charge in [-0.2, -0.15) is 0 Å². The van der Waals surface area contributed by atoms with E-state index in [1.165, 1.54) is 11.8 Å². The van der Waals surface area contributed by atoms with Gasteiger partial charge in [0.05, 0.1) is 17.3 Å². The topological polar surface area (TPSA) is 103 Å². The first kappa shape index (κ1) is 24.5. The highest BCUT2D eigenvalue weighted by Gasteiger charge is 2.43. The van der Waals surface area contributed by atoms with Gasteiger partial charge >= 0.3 is 0 Å². The Hall–Kier alpha value is -2.10. The lowest BCUT2D eigenvalue weighted by molar-refractivity contribution is -0.118. The van der Waals surface area contributed by atoms with Crippen molar-refractivity contribution in [1.82, 2.24) is 0 Å². The van der Waals surface area contributed by atoms with Gasteiger partial charge in [-0.3, -0.25) is 14.7 Å². The Morgan fingerprint density at radius 3 is 2.66 bits per heavy atom. The molecule has 0 spiro atoms. The minimum atomic E-state index is -1.11. The van der Waals surface area contributed by atoms with Crippen molar-refractivity contribution in [3.63, 3.8) is 0 Å². The second-order valence-corrected chi connectivity index (χ2v) is 8.96. The maximum Gasteiger partial charge on any atom is 0.249 e. The van der Waals surface area contributed by atoms with E-state index < -0.39 is 24.1 Å². The number of aliphatic hydroxyl groups is 3. The zero-order valence-corrected chi connectivity index (χ0v) is 19.5. The van der Waals surface area contributed by atoms with Crippen LogP contribution in [0.3, 0.4) is 0 Å². The number of amidine groups is 1. The van der Waals surface area contributed by atoms with Gasteiger partial charge in [-0.1, -0.05) is 54.6 Å². The molecule has 0 aromatic heterocycles. The summed E-state index contributed by atoms with van der Waals surface area (Å²) in [5, 5.41) is 29.4. The van der Waals surface area contributed by atoms with E-state index in [9.17, 15) is 15.0 Å². The highest BCUT2D eigenvalue weighted by atomic mass is 35.5. The smallest absolute Gasteiger partial charge is 0.249 e. The molecule has 0 bridgehead atoms. The summed E-state index contributed by atoms with van der Waals surface area (Å²) < 4.78 is 5.40. The summed E-state index contributed by atoms with van der Waals surface area (Å²) in [5.41, 5.74) is 2.16. The number of hydrogen-bond donors (Lipinski definition) is 3. The average Bonchev–Trinajstić information content (AvgIpc) is 3.12. The van der Waals surface area contributed by atoms with Crippen molar-refractivity contribution in [2.24, 2.45) is 4.99 Å². The predicted molar refractivity (Wildman–Crippen MR) is 128 cm³/mol. The molecule has 3 N–H and O–H groups in total. The molecule has 2 aromatic carbocycles. The molecule has 1 fully saturated rings. The van der Waals surface area contributed by atoms with Crippen LogP contribution in [0.15, 0.2) is 47.5 Å². The maximum absolute atomic E-state index is 13.4. The van der Waals surface area contributed by atoms with Crippen LogP contribution in [0.5, 0.6) is 5.75 Å². The molecule has 3 rings (SSSR count). The Bertz CT molecular complexity index is 987. The van der Waals surface area contributed by atoms with Crippen LogP contribution in [0, 0.1) is 6.92 Å². The molecule has 172 valence electrons. The number of carbonyl (C=O) groups is 1. The number of nitrogens with zero attached hydrogens (tertiary/aromatic N) is 2. The second kappa shape index (κ2) is 11.2. The number of aliphatic imine (C=N–C) groups is 1. The predicted octanol–water partition coefficient (Wildman–Crippen LogP) is 3.33. The van der Waals surface area contributed by atoms with E-state index in [4.69, 9.17) is 21.4 Å². The number of aryl methyl sites for hydroxylation is 1. The van der Waals surface area contributed by atoms with Gasteiger partial charge in [-0.15, -0.1) is 0 Å². The van der Waals surface area contributed by atoms with Gasteiger partial charge in [-0.05, 0) is 42.7 Å². The molecule has 2 aromatic rings. The molecule has 7 nitrogen and oxygen atoms in total. The summed E-state index contributed by atoms with van der Waals surface area (Å²) in [6.07, 6.45) is -1.28. The van der Waals surface area contributed by atoms with Crippen molar-refractivity contribution in [1.29, 1.82) is 0 Å². The lowest BCUT2D eigenvalue weighted by atomic mass is 10.0. The van der Waals surface area contributed by atoms with E-state index >= 15 is 0 Å². The van der Waals surface area contributed by atoms with Gasteiger partial charge < -0.3 is 20.1 Å². The van der Waals surface area contributed by atoms with E-state index in [1.807, 2.05) is 38.1 Å². The Morgan fingerprint density at radius 2 is 2.00 bits per heavy atom. The minimum Gasteiger partial charge on any atom is -0.489 e. The third-order valence-electron chi connectivity index (χ3n) is 4.94. The van der Waals surface area contributed by atoms with Crippen molar-refractivity contribution in [3.8, 4) is 5.75 Å². The van der Waals surface area contributed by atoms with Crippen LogP contribution in [0.25, 0.3) is 0 Å². The molecule has 1 saturated heterocycles. The van der Waals surface area contributed by atoms with Crippen LogP contribution in [-0.4, -0.2) is 57.5 Å². The van der Waals surface area contributed by atoms with Crippen molar-refractivity contribution in [2.45, 2.75) is 37.7 Å². The van der Waals surface area contributed by atoms with Gasteiger partial charge in [0.2, 0.25) is 5.91 Å². The Labute approximate surface area is 196 Å². The highest BCUT2D eigenvalue weighted by molar-refractivity contribution is 8.16. The fourth-order valence-corrected chi connectivity index (χ4v) is 4.64. The van der Waals surface area contributed by atoms with Crippen LogP contribution in [-0.2, 0) is 4.79 Å². The highest BCUT2D eigenvalue weighted by Crippen LogP contribution is 2.40.